The van der Waals surface area contributed by atoms with Crippen LogP contribution >= 0.6 is 11.6 Å². The molecule has 0 spiro atoms. The topological polar surface area (TPSA) is 84.9 Å². The number of rotatable bonds is 6. The third-order valence-electron chi connectivity index (χ3n) is 3.91. The monoisotopic (exact) mass is 410 g/mol. The molecule has 2 aromatic rings. The average molecular weight is 411 g/mol. The number of nitrogens with zero attached hydrogens (tertiary/aromatic N) is 1. The van der Waals surface area contributed by atoms with E-state index >= 15 is 0 Å². The van der Waals surface area contributed by atoms with Crippen LogP contribution in [0.4, 0.5) is 11.4 Å². The summed E-state index contributed by atoms with van der Waals surface area (Å²) in [7, 11) is -3.69. The summed E-state index contributed by atoms with van der Waals surface area (Å²) in [6.07, 6.45) is 0. The van der Waals surface area contributed by atoms with Gasteiger partial charge in [0.2, 0.25) is 15.9 Å². The molecule has 1 N–H and O–H groups in total. The number of amides is 1. The fraction of sp³-hybridized carbons (Fsp3) is 0.278. The largest absolute Gasteiger partial charge is 0.486 e. The first-order valence-corrected chi connectivity index (χ1v) is 10.3. The van der Waals surface area contributed by atoms with Gasteiger partial charge in [-0.05, 0) is 37.3 Å². The van der Waals surface area contributed by atoms with E-state index in [1.165, 1.54) is 6.92 Å². The number of fused-ring (bicyclic) bond motifs is 1. The van der Waals surface area contributed by atoms with Crippen molar-refractivity contribution in [3.63, 3.8) is 0 Å². The van der Waals surface area contributed by atoms with Crippen molar-refractivity contribution >= 4 is 38.9 Å². The number of anilines is 2. The third kappa shape index (κ3) is 4.64. The molecular formula is C18H19ClN2O5S. The molecule has 0 unspecified atom stereocenters. The van der Waals surface area contributed by atoms with Crippen LogP contribution in [0.3, 0.4) is 0 Å². The molecule has 0 aliphatic carbocycles. The lowest BCUT2D eigenvalue weighted by atomic mass is 10.2. The zero-order valence-corrected chi connectivity index (χ0v) is 16.2. The maximum Gasteiger partial charge on any atom is 0.245 e. The third-order valence-corrected chi connectivity index (χ3v) is 5.89. The van der Waals surface area contributed by atoms with Crippen molar-refractivity contribution in [2.75, 3.05) is 35.1 Å². The quantitative estimate of drug-likeness (QED) is 0.791. The van der Waals surface area contributed by atoms with E-state index in [1.807, 2.05) is 0 Å². The highest BCUT2D eigenvalue weighted by Gasteiger charge is 2.25. The van der Waals surface area contributed by atoms with Crippen LogP contribution in [0.1, 0.15) is 6.92 Å². The van der Waals surface area contributed by atoms with E-state index in [2.05, 4.69) is 5.32 Å². The van der Waals surface area contributed by atoms with Gasteiger partial charge >= 0.3 is 0 Å². The van der Waals surface area contributed by atoms with Gasteiger partial charge < -0.3 is 14.8 Å². The number of sulfonamides is 1. The van der Waals surface area contributed by atoms with Gasteiger partial charge in [-0.3, -0.25) is 9.10 Å². The van der Waals surface area contributed by atoms with Gasteiger partial charge in [-0.2, -0.15) is 0 Å². The molecule has 0 aromatic heterocycles. The Morgan fingerprint density at radius 3 is 2.59 bits per heavy atom. The second kappa shape index (κ2) is 8.06. The van der Waals surface area contributed by atoms with E-state index in [4.69, 9.17) is 21.1 Å². The van der Waals surface area contributed by atoms with Crippen LogP contribution in [0.2, 0.25) is 5.02 Å². The van der Waals surface area contributed by atoms with Crippen LogP contribution in [-0.2, 0) is 14.8 Å². The lowest BCUT2D eigenvalue weighted by Gasteiger charge is -2.25. The number of carbonyl (C=O) groups excluding carboxylic acids is 1. The first kappa shape index (κ1) is 19.3. The number of carbonyl (C=O) groups is 1. The Hall–Kier alpha value is -2.45. The van der Waals surface area contributed by atoms with Crippen molar-refractivity contribution in [3.05, 3.63) is 47.5 Å². The van der Waals surface area contributed by atoms with Gasteiger partial charge in [0.15, 0.2) is 11.5 Å². The minimum atomic E-state index is -3.69. The molecule has 9 heteroatoms. The molecule has 1 aliphatic rings. The van der Waals surface area contributed by atoms with Crippen molar-refractivity contribution in [1.82, 2.24) is 0 Å². The molecular weight excluding hydrogens is 392 g/mol. The summed E-state index contributed by atoms with van der Waals surface area (Å²) >= 11 is 5.91. The van der Waals surface area contributed by atoms with E-state index in [-0.39, 0.29) is 12.3 Å². The van der Waals surface area contributed by atoms with E-state index in [9.17, 15) is 13.2 Å². The summed E-state index contributed by atoms with van der Waals surface area (Å²) in [5.74, 6) is 0.364. The van der Waals surface area contributed by atoms with Crippen molar-refractivity contribution < 1.29 is 22.7 Å². The first-order valence-electron chi connectivity index (χ1n) is 8.34. The minimum Gasteiger partial charge on any atom is -0.486 e. The highest BCUT2D eigenvalue weighted by molar-refractivity contribution is 7.92. The van der Waals surface area contributed by atoms with Gasteiger partial charge in [-0.15, -0.1) is 0 Å². The van der Waals surface area contributed by atoms with Gasteiger partial charge in [0.25, 0.3) is 0 Å². The molecule has 0 saturated carbocycles. The average Bonchev–Trinajstić information content (AvgIpc) is 2.65. The highest BCUT2D eigenvalue weighted by Crippen LogP contribution is 2.34. The molecule has 27 heavy (non-hydrogen) atoms. The molecule has 0 atom stereocenters. The van der Waals surface area contributed by atoms with Gasteiger partial charge in [0, 0.05) is 16.8 Å². The van der Waals surface area contributed by atoms with Crippen molar-refractivity contribution in [1.29, 1.82) is 0 Å². The fourth-order valence-corrected chi connectivity index (χ4v) is 3.84. The summed E-state index contributed by atoms with van der Waals surface area (Å²) in [6, 6.07) is 11.4. The van der Waals surface area contributed by atoms with Gasteiger partial charge in [-0.1, -0.05) is 17.7 Å². The van der Waals surface area contributed by atoms with Crippen LogP contribution in [0, 0.1) is 0 Å². The van der Waals surface area contributed by atoms with Crippen LogP contribution in [0.5, 0.6) is 11.5 Å². The molecule has 7 nitrogen and oxygen atoms in total. The molecule has 1 heterocycles. The summed E-state index contributed by atoms with van der Waals surface area (Å²) in [5, 5.41) is 3.13. The highest BCUT2D eigenvalue weighted by atomic mass is 35.5. The van der Waals surface area contributed by atoms with E-state index < -0.39 is 15.9 Å². The number of benzene rings is 2. The molecule has 0 fully saturated rings. The Labute approximate surface area is 162 Å². The van der Waals surface area contributed by atoms with Crippen LogP contribution < -0.4 is 19.1 Å². The number of halogens is 1. The summed E-state index contributed by atoms with van der Waals surface area (Å²) in [5.41, 5.74) is 0.825. The Bertz CT molecular complexity index is 949. The molecule has 2 aromatic carbocycles. The maximum absolute atomic E-state index is 12.6. The Balaban J connectivity index is 1.85. The maximum atomic E-state index is 12.6. The SMILES string of the molecule is CCS(=O)(=O)N(CC(=O)Nc1cccc(Cl)c1)c1ccc2c(c1)OCCO2. The van der Waals surface area contributed by atoms with Gasteiger partial charge in [0.05, 0.1) is 11.4 Å². The standard InChI is InChI=1S/C18H19ClN2O5S/c1-2-27(23,24)21(12-18(22)20-14-5-3-4-13(19)10-14)15-6-7-16-17(11-15)26-9-8-25-16/h3-7,10-11H,2,8-9,12H2,1H3,(H,20,22). The summed E-state index contributed by atoms with van der Waals surface area (Å²) < 4.78 is 37.2. The second-order valence-corrected chi connectivity index (χ2v) is 8.41. The Morgan fingerprint density at radius 2 is 1.89 bits per heavy atom. The number of hydrogen-bond donors (Lipinski definition) is 1. The van der Waals surface area contributed by atoms with Gasteiger partial charge in [0.1, 0.15) is 19.8 Å². The number of ether oxygens (including phenoxy) is 2. The minimum absolute atomic E-state index is 0.147. The lowest BCUT2D eigenvalue weighted by Crippen LogP contribution is -2.39. The summed E-state index contributed by atoms with van der Waals surface area (Å²) in [4.78, 5) is 12.4. The van der Waals surface area contributed by atoms with E-state index in [0.29, 0.717) is 41.1 Å². The zero-order chi connectivity index (χ0) is 19.4. The molecule has 3 rings (SSSR count). The smallest absolute Gasteiger partial charge is 0.245 e. The number of nitrogens with one attached hydrogen (secondary N) is 1. The van der Waals surface area contributed by atoms with Crippen LogP contribution in [0.15, 0.2) is 42.5 Å². The zero-order valence-electron chi connectivity index (χ0n) is 14.6. The second-order valence-electron chi connectivity index (χ2n) is 5.79. The molecule has 1 aliphatic heterocycles. The summed E-state index contributed by atoms with van der Waals surface area (Å²) in [6.45, 7) is 1.97. The Morgan fingerprint density at radius 1 is 1.15 bits per heavy atom. The number of hydrogen-bond acceptors (Lipinski definition) is 5. The van der Waals surface area contributed by atoms with E-state index in [0.717, 1.165) is 4.31 Å². The van der Waals surface area contributed by atoms with Crippen LogP contribution in [-0.4, -0.2) is 39.8 Å². The predicted octanol–water partition coefficient (Wildman–Crippen LogP) is 2.91. The van der Waals surface area contributed by atoms with Gasteiger partial charge in [-0.25, -0.2) is 8.42 Å². The molecule has 0 radical (unpaired) electrons. The fourth-order valence-electron chi connectivity index (χ4n) is 2.59. The lowest BCUT2D eigenvalue weighted by molar-refractivity contribution is -0.114. The van der Waals surface area contributed by atoms with Crippen molar-refractivity contribution in [3.8, 4) is 11.5 Å². The molecule has 144 valence electrons. The molecule has 0 saturated heterocycles. The van der Waals surface area contributed by atoms with Crippen molar-refractivity contribution in [2.45, 2.75) is 6.92 Å². The predicted molar refractivity (Wildman–Crippen MR) is 104 cm³/mol. The normalized spacial score (nSPS) is 13.1. The Kier molecular flexibility index (Phi) is 5.76. The van der Waals surface area contributed by atoms with Crippen molar-refractivity contribution in [2.24, 2.45) is 0 Å². The first-order chi connectivity index (χ1) is 12.9. The van der Waals surface area contributed by atoms with E-state index in [1.54, 1.807) is 42.5 Å². The molecule has 0 bridgehead atoms. The molecule has 1 amide bonds. The van der Waals surface area contributed by atoms with Crippen LogP contribution in [0.25, 0.3) is 0 Å².